The number of nitrogens with zero attached hydrogens (tertiary/aromatic N) is 3. The van der Waals surface area contributed by atoms with Crippen LogP contribution in [0.5, 0.6) is 0 Å². The van der Waals surface area contributed by atoms with Crippen molar-refractivity contribution in [1.29, 1.82) is 0 Å². The van der Waals surface area contributed by atoms with Crippen LogP contribution in [0.1, 0.15) is 64.9 Å². The molecule has 0 aliphatic carbocycles. The van der Waals surface area contributed by atoms with Gasteiger partial charge in [-0.05, 0) is 47.1 Å². The first kappa shape index (κ1) is 26.0. The van der Waals surface area contributed by atoms with Crippen molar-refractivity contribution in [3.05, 3.63) is 107 Å². The van der Waals surface area contributed by atoms with Crippen LogP contribution in [0.2, 0.25) is 0 Å². The van der Waals surface area contributed by atoms with Crippen molar-refractivity contribution < 1.29 is 9.59 Å². The second-order valence-electron chi connectivity index (χ2n) is 11.8. The third-order valence-corrected chi connectivity index (χ3v) is 9.96. The predicted octanol–water partition coefficient (Wildman–Crippen LogP) is 4.67. The van der Waals surface area contributed by atoms with Crippen molar-refractivity contribution >= 4 is 24.4 Å². The van der Waals surface area contributed by atoms with Crippen molar-refractivity contribution in [2.24, 2.45) is 0 Å². The molecule has 40 heavy (non-hydrogen) atoms. The van der Waals surface area contributed by atoms with E-state index in [2.05, 4.69) is 98.9 Å². The number of hydrogen-bond donors (Lipinski definition) is 2. The first-order chi connectivity index (χ1) is 19.5. The Bertz CT molecular complexity index is 1350. The predicted molar refractivity (Wildman–Crippen MR) is 159 cm³/mol. The summed E-state index contributed by atoms with van der Waals surface area (Å²) in [6, 6.07) is 29.7. The van der Waals surface area contributed by atoms with Gasteiger partial charge in [0.1, 0.15) is 0 Å². The number of thiol groups is 1. The fourth-order valence-corrected chi connectivity index (χ4v) is 7.94. The Morgan fingerprint density at radius 3 is 2.12 bits per heavy atom. The number of rotatable bonds is 6. The Labute approximate surface area is 241 Å². The molecule has 3 saturated heterocycles. The summed E-state index contributed by atoms with van der Waals surface area (Å²) >= 11 is 4.95. The van der Waals surface area contributed by atoms with Crippen LogP contribution in [0.25, 0.3) is 0 Å². The van der Waals surface area contributed by atoms with Crippen molar-refractivity contribution in [2.45, 2.75) is 68.3 Å². The molecular formula is C33H36N4O2S. The van der Waals surface area contributed by atoms with Crippen LogP contribution in [0.4, 0.5) is 0 Å². The molecule has 4 unspecified atom stereocenters. The highest BCUT2D eigenvalue weighted by Crippen LogP contribution is 2.41. The van der Waals surface area contributed by atoms with E-state index in [0.29, 0.717) is 31.5 Å². The summed E-state index contributed by atoms with van der Waals surface area (Å²) in [6.07, 6.45) is 3.42. The van der Waals surface area contributed by atoms with Gasteiger partial charge in [-0.3, -0.25) is 29.6 Å². The summed E-state index contributed by atoms with van der Waals surface area (Å²) in [7, 11) is 0. The normalized spacial score (nSPS) is 27.2. The minimum atomic E-state index is -0.304. The number of carbonyl (C=O) groups excluding carboxylic acids is 2. The summed E-state index contributed by atoms with van der Waals surface area (Å²) in [5, 5.41) is 2.37. The Morgan fingerprint density at radius 1 is 0.850 bits per heavy atom. The van der Waals surface area contributed by atoms with Gasteiger partial charge in [0.2, 0.25) is 11.8 Å². The van der Waals surface area contributed by atoms with Crippen molar-refractivity contribution in [3.63, 3.8) is 0 Å². The quantitative estimate of drug-likeness (QED) is 0.344. The van der Waals surface area contributed by atoms with Gasteiger partial charge in [-0.2, -0.15) is 12.6 Å². The van der Waals surface area contributed by atoms with Crippen LogP contribution in [0, 0.1) is 0 Å². The van der Waals surface area contributed by atoms with Gasteiger partial charge in [0, 0.05) is 44.7 Å². The SMILES string of the molecule is O=C1CCC(N2Cc3ccc(CN4C5CCC4CN(C(c4ccccc4)c4ccccc4)C5)cc3C2S)C(=O)N1. The summed E-state index contributed by atoms with van der Waals surface area (Å²) < 4.78 is 0. The van der Waals surface area contributed by atoms with Crippen LogP contribution >= 0.6 is 12.6 Å². The molecule has 206 valence electrons. The molecule has 3 aromatic rings. The zero-order valence-corrected chi connectivity index (χ0v) is 23.5. The van der Waals surface area contributed by atoms with E-state index in [0.717, 1.165) is 19.6 Å². The molecule has 0 radical (unpaired) electrons. The molecule has 0 aromatic heterocycles. The van der Waals surface area contributed by atoms with Crippen molar-refractivity contribution in [1.82, 2.24) is 20.0 Å². The largest absolute Gasteiger partial charge is 0.295 e. The van der Waals surface area contributed by atoms with E-state index in [9.17, 15) is 9.59 Å². The summed E-state index contributed by atoms with van der Waals surface area (Å²) in [4.78, 5) is 31.7. The molecule has 4 aliphatic heterocycles. The average molecular weight is 553 g/mol. The molecule has 6 nitrogen and oxygen atoms in total. The number of benzene rings is 3. The van der Waals surface area contributed by atoms with Crippen LogP contribution in [0.3, 0.4) is 0 Å². The standard InChI is InChI=1S/C33H36N4O2S/c38-30-16-15-29(32(39)34-30)37-19-25-12-11-22(17-28(25)33(37)40)18-36-26-13-14-27(36)21-35(20-26)31(23-7-3-1-4-8-23)24-9-5-2-6-10-24/h1-12,17,26-27,29,31,33,40H,13-16,18-21H2,(H,34,38,39). The number of fused-ring (bicyclic) bond motifs is 3. The van der Waals surface area contributed by atoms with Gasteiger partial charge >= 0.3 is 0 Å². The molecule has 3 aromatic carbocycles. The highest BCUT2D eigenvalue weighted by Gasteiger charge is 2.43. The van der Waals surface area contributed by atoms with Gasteiger partial charge in [0.05, 0.1) is 17.5 Å². The molecule has 4 heterocycles. The zero-order chi connectivity index (χ0) is 27.2. The number of nitrogens with one attached hydrogen (secondary N) is 1. The van der Waals surface area contributed by atoms with Gasteiger partial charge in [-0.15, -0.1) is 0 Å². The molecule has 4 atom stereocenters. The molecule has 0 spiro atoms. The highest BCUT2D eigenvalue weighted by atomic mass is 32.1. The lowest BCUT2D eigenvalue weighted by Crippen LogP contribution is -2.54. The van der Waals surface area contributed by atoms with E-state index >= 15 is 0 Å². The molecule has 4 aliphatic rings. The Hall–Kier alpha value is -2.97. The van der Waals surface area contributed by atoms with Crippen LogP contribution in [-0.2, 0) is 22.7 Å². The Balaban J connectivity index is 1.07. The molecule has 2 amide bonds. The third-order valence-electron chi connectivity index (χ3n) is 9.39. The first-order valence-electron chi connectivity index (χ1n) is 14.5. The Kier molecular flexibility index (Phi) is 7.00. The second-order valence-corrected chi connectivity index (χ2v) is 12.3. The molecule has 3 fully saturated rings. The molecule has 0 saturated carbocycles. The zero-order valence-electron chi connectivity index (χ0n) is 22.7. The van der Waals surface area contributed by atoms with E-state index in [-0.39, 0.29) is 29.3 Å². The summed E-state index contributed by atoms with van der Waals surface area (Å²) in [5.41, 5.74) is 6.47. The summed E-state index contributed by atoms with van der Waals surface area (Å²) in [5.74, 6) is -0.369. The lowest BCUT2D eigenvalue weighted by Gasteiger charge is -2.44. The van der Waals surface area contributed by atoms with Gasteiger partial charge in [0.15, 0.2) is 0 Å². The second kappa shape index (κ2) is 10.8. The molecule has 7 heteroatoms. The fourth-order valence-electron chi connectivity index (χ4n) is 7.46. The van der Waals surface area contributed by atoms with E-state index in [1.54, 1.807) is 0 Å². The minimum absolute atomic E-state index is 0.134. The van der Waals surface area contributed by atoms with Gasteiger partial charge in [0.25, 0.3) is 0 Å². The van der Waals surface area contributed by atoms with Crippen LogP contribution in [-0.4, -0.2) is 57.7 Å². The van der Waals surface area contributed by atoms with Gasteiger partial charge < -0.3 is 0 Å². The number of piperazine rings is 1. The number of carbonyl (C=O) groups is 2. The van der Waals surface area contributed by atoms with Crippen molar-refractivity contribution in [2.75, 3.05) is 13.1 Å². The Morgan fingerprint density at radius 2 is 1.50 bits per heavy atom. The van der Waals surface area contributed by atoms with E-state index in [1.165, 1.54) is 40.7 Å². The van der Waals surface area contributed by atoms with Crippen LogP contribution in [0.15, 0.2) is 78.9 Å². The maximum absolute atomic E-state index is 12.5. The number of hydrogen-bond acceptors (Lipinski definition) is 6. The van der Waals surface area contributed by atoms with Gasteiger partial charge in [-0.25, -0.2) is 0 Å². The summed E-state index contributed by atoms with van der Waals surface area (Å²) in [6.45, 7) is 3.76. The van der Waals surface area contributed by atoms with Crippen molar-refractivity contribution in [3.8, 4) is 0 Å². The number of piperidine rings is 1. The minimum Gasteiger partial charge on any atom is -0.295 e. The monoisotopic (exact) mass is 552 g/mol. The molecule has 7 rings (SSSR count). The van der Waals surface area contributed by atoms with Crippen LogP contribution < -0.4 is 5.32 Å². The number of likely N-dealkylation sites (tertiary alicyclic amines) is 1. The molecule has 1 N–H and O–H groups in total. The van der Waals surface area contributed by atoms with E-state index in [4.69, 9.17) is 12.6 Å². The topological polar surface area (TPSA) is 55.9 Å². The van der Waals surface area contributed by atoms with E-state index < -0.39 is 0 Å². The third kappa shape index (κ3) is 4.79. The maximum Gasteiger partial charge on any atom is 0.243 e. The average Bonchev–Trinajstić information content (AvgIpc) is 3.40. The van der Waals surface area contributed by atoms with E-state index in [1.807, 2.05) is 0 Å². The maximum atomic E-state index is 12.5. The smallest absolute Gasteiger partial charge is 0.243 e. The molecular weight excluding hydrogens is 516 g/mol. The number of amides is 2. The first-order valence-corrected chi connectivity index (χ1v) is 15.1. The highest BCUT2D eigenvalue weighted by molar-refractivity contribution is 7.80. The number of imide groups is 1. The molecule has 2 bridgehead atoms. The lowest BCUT2D eigenvalue weighted by atomic mass is 9.95. The van der Waals surface area contributed by atoms with Gasteiger partial charge in [-0.1, -0.05) is 78.9 Å². The fraction of sp³-hybridized carbons (Fsp3) is 0.394. The lowest BCUT2D eigenvalue weighted by molar-refractivity contribution is -0.137.